The average molecular weight is 222 g/mol. The van der Waals surface area contributed by atoms with E-state index in [1.807, 2.05) is 0 Å². The van der Waals surface area contributed by atoms with Gasteiger partial charge in [0.25, 0.3) is 0 Å². The number of alkyl halides is 3. The second-order valence-electron chi connectivity index (χ2n) is 2.08. The van der Waals surface area contributed by atoms with E-state index in [-0.39, 0.29) is 0 Å². The van der Waals surface area contributed by atoms with E-state index in [4.69, 9.17) is 0 Å². The molecule has 0 aliphatic rings. The molecule has 0 saturated heterocycles. The van der Waals surface area contributed by atoms with E-state index in [9.17, 15) is 13.2 Å². The predicted octanol–water partition coefficient (Wildman–Crippen LogP) is 1.14. The minimum atomic E-state index is -4.33. The van der Waals surface area contributed by atoms with Crippen molar-refractivity contribution in [3.8, 4) is 0 Å². The Morgan fingerprint density at radius 1 is 1.55 bits per heavy atom. The van der Waals surface area contributed by atoms with Gasteiger partial charge in [-0.05, 0) is 0 Å². The quantitative estimate of drug-likeness (QED) is 0.601. The van der Waals surface area contributed by atoms with Gasteiger partial charge in [-0.3, -0.25) is 0 Å². The molecule has 11 heavy (non-hydrogen) atoms. The monoisotopic (exact) mass is 223 g/mol. The third kappa shape index (κ3) is 1.76. The molecule has 3 radical (unpaired) electrons. The summed E-state index contributed by atoms with van der Waals surface area (Å²) in [4.78, 5) is 0. The first-order valence-electron chi connectivity index (χ1n) is 2.77. The van der Waals surface area contributed by atoms with Crippen molar-refractivity contribution in [1.82, 2.24) is 8.74 Å². The van der Waals surface area contributed by atoms with Crippen LogP contribution in [0.1, 0.15) is 11.4 Å². The van der Waals surface area contributed by atoms with Crippen LogP contribution in [0.5, 0.6) is 0 Å². The molecule has 1 aromatic heterocycles. The molecule has 1 rings (SSSR count). The van der Waals surface area contributed by atoms with Crippen molar-refractivity contribution in [2.75, 3.05) is 0 Å². The van der Waals surface area contributed by atoms with Crippen molar-refractivity contribution in [2.45, 2.75) is 13.1 Å². The van der Waals surface area contributed by atoms with Crippen molar-refractivity contribution >= 4 is 16.7 Å². The number of nitrogens with zero attached hydrogens (tertiary/aromatic N) is 2. The van der Waals surface area contributed by atoms with E-state index < -0.39 is 11.9 Å². The Morgan fingerprint density at radius 3 is 2.27 bits per heavy atom. The van der Waals surface area contributed by atoms with Gasteiger partial charge in [0.1, 0.15) is 0 Å². The van der Waals surface area contributed by atoms with Gasteiger partial charge in [0.05, 0.1) is 0 Å². The van der Waals surface area contributed by atoms with Crippen LogP contribution in [-0.4, -0.2) is 25.5 Å². The fraction of sp³-hybridized carbons (Fsp3) is 0.400. The first kappa shape index (κ1) is 8.64. The van der Waals surface area contributed by atoms with E-state index in [1.54, 1.807) is 6.92 Å². The topological polar surface area (TPSA) is 17.8 Å². The summed E-state index contributed by atoms with van der Waals surface area (Å²) >= 11 is 1.48. The molecule has 6 heteroatoms. The summed E-state index contributed by atoms with van der Waals surface area (Å²) in [5, 5.41) is 3.27. The molecule has 1 aromatic rings. The number of rotatable bonds is 0. The normalized spacial score (nSPS) is 12.1. The molecule has 0 atom stereocenters. The van der Waals surface area contributed by atoms with Crippen molar-refractivity contribution < 1.29 is 13.2 Å². The molecule has 0 amide bonds. The van der Waals surface area contributed by atoms with Gasteiger partial charge >= 0.3 is 69.2 Å². The summed E-state index contributed by atoms with van der Waals surface area (Å²) in [7, 11) is 0. The molecule has 0 unspecified atom stereocenters. The van der Waals surface area contributed by atoms with E-state index in [0.717, 1.165) is 6.07 Å². The molecule has 2 nitrogen and oxygen atoms in total. The zero-order valence-corrected chi connectivity index (χ0v) is 7.70. The maximum atomic E-state index is 11.9. The molecule has 0 bridgehead atoms. The Kier molecular flexibility index (Phi) is 2.00. The molecule has 0 N–H and O–H groups in total. The van der Waals surface area contributed by atoms with Gasteiger partial charge in [-0.25, -0.2) is 0 Å². The SMILES string of the molecule is Cc1cc(C(F)(F)F)n[n]1[Ge]. The van der Waals surface area contributed by atoms with Gasteiger partial charge in [0.2, 0.25) is 0 Å². The summed E-state index contributed by atoms with van der Waals surface area (Å²) in [6.07, 6.45) is -4.33. The Balaban J connectivity index is 3.08. The van der Waals surface area contributed by atoms with Crippen molar-refractivity contribution in [1.29, 1.82) is 0 Å². The van der Waals surface area contributed by atoms with Gasteiger partial charge in [-0.15, -0.1) is 0 Å². The zero-order chi connectivity index (χ0) is 8.65. The van der Waals surface area contributed by atoms with Crippen molar-refractivity contribution in [2.24, 2.45) is 0 Å². The van der Waals surface area contributed by atoms with Crippen LogP contribution in [0.4, 0.5) is 13.2 Å². The molecule has 0 aliphatic carbocycles. The van der Waals surface area contributed by atoms with Crippen LogP contribution in [0.25, 0.3) is 0 Å². The summed E-state index contributed by atoms with van der Waals surface area (Å²) in [5.74, 6) is 0. The van der Waals surface area contributed by atoms with Gasteiger partial charge in [-0.2, -0.15) is 0 Å². The van der Waals surface area contributed by atoms with E-state index in [0.29, 0.717) is 5.69 Å². The van der Waals surface area contributed by atoms with Crippen LogP contribution < -0.4 is 0 Å². The fourth-order valence-corrected chi connectivity index (χ4v) is 0.974. The minimum absolute atomic E-state index is 0.498. The first-order chi connectivity index (χ1) is 4.91. The molecule has 1 heterocycles. The first-order valence-corrected chi connectivity index (χ1v) is 3.70. The van der Waals surface area contributed by atoms with Gasteiger partial charge in [0.15, 0.2) is 0 Å². The fourth-order valence-electron chi connectivity index (χ4n) is 0.613. The second kappa shape index (κ2) is 2.54. The van der Waals surface area contributed by atoms with Crippen LogP contribution in [0.2, 0.25) is 0 Å². The average Bonchev–Trinajstić information content (AvgIpc) is 2.11. The number of hydrogen-bond acceptors (Lipinski definition) is 1. The summed E-state index contributed by atoms with van der Waals surface area (Å²) in [6, 6.07) is 1.01. The maximum absolute atomic E-state index is 11.9. The molecule has 0 spiro atoms. The number of aryl methyl sites for hydroxylation is 1. The molecule has 0 fully saturated rings. The molecular formula is C5H4F3GeN2. The van der Waals surface area contributed by atoms with Crippen molar-refractivity contribution in [3.05, 3.63) is 17.5 Å². The van der Waals surface area contributed by atoms with Crippen LogP contribution in [0.3, 0.4) is 0 Å². The summed E-state index contributed by atoms with van der Waals surface area (Å²) in [5.41, 5.74) is -0.338. The van der Waals surface area contributed by atoms with E-state index in [2.05, 4.69) is 5.10 Å². The predicted molar refractivity (Wildman–Crippen MR) is 33.1 cm³/mol. The summed E-state index contributed by atoms with van der Waals surface area (Å²) < 4.78 is 36.9. The number of hydrogen-bond donors (Lipinski definition) is 0. The molecular weight excluding hydrogens is 218 g/mol. The van der Waals surface area contributed by atoms with Gasteiger partial charge in [0, 0.05) is 0 Å². The molecule has 0 saturated carbocycles. The Labute approximate surface area is 69.8 Å². The Bertz CT molecular complexity index is 246. The molecule has 59 valence electrons. The third-order valence-electron chi connectivity index (χ3n) is 1.18. The van der Waals surface area contributed by atoms with Crippen LogP contribution >= 0.6 is 0 Å². The van der Waals surface area contributed by atoms with Gasteiger partial charge < -0.3 is 0 Å². The second-order valence-corrected chi connectivity index (χ2v) is 2.97. The standard InChI is InChI=1S/C5H4F3GeN2/c1-3-2-4(5(6,7)8)10-11(3)9/h2H,1H3. The third-order valence-corrected chi connectivity index (χ3v) is 2.13. The zero-order valence-electron chi connectivity index (χ0n) is 5.61. The van der Waals surface area contributed by atoms with Gasteiger partial charge in [-0.1, -0.05) is 0 Å². The van der Waals surface area contributed by atoms with E-state index >= 15 is 0 Å². The molecule has 0 aliphatic heterocycles. The number of halogens is 3. The van der Waals surface area contributed by atoms with Crippen LogP contribution in [-0.2, 0) is 6.18 Å². The number of aromatic nitrogens is 2. The molecule has 0 aromatic carbocycles. The Hall–Kier alpha value is -0.457. The van der Waals surface area contributed by atoms with Crippen LogP contribution in [0.15, 0.2) is 6.07 Å². The Morgan fingerprint density at radius 2 is 2.09 bits per heavy atom. The summed E-state index contributed by atoms with van der Waals surface area (Å²) in [6.45, 7) is 1.57. The van der Waals surface area contributed by atoms with Crippen LogP contribution in [0, 0.1) is 6.92 Å². The van der Waals surface area contributed by atoms with E-state index in [1.165, 1.54) is 20.4 Å². The van der Waals surface area contributed by atoms with Crippen molar-refractivity contribution in [3.63, 3.8) is 0 Å².